The molecule has 0 aliphatic rings. The molecule has 0 radical (unpaired) electrons. The molecular formula is C11H16N2O4. The van der Waals surface area contributed by atoms with E-state index in [1.54, 1.807) is 0 Å². The molecule has 0 spiro atoms. The highest BCUT2D eigenvalue weighted by molar-refractivity contribution is 5.92. The van der Waals surface area contributed by atoms with E-state index in [1.165, 1.54) is 12.3 Å². The predicted molar refractivity (Wildman–Crippen MR) is 59.5 cm³/mol. The van der Waals surface area contributed by atoms with Crippen LogP contribution in [0.25, 0.3) is 0 Å². The third-order valence-electron chi connectivity index (χ3n) is 2.40. The van der Waals surface area contributed by atoms with E-state index in [4.69, 9.17) is 5.11 Å². The summed E-state index contributed by atoms with van der Waals surface area (Å²) in [4.78, 5) is 22.5. The second kappa shape index (κ2) is 4.99. The molecule has 1 atom stereocenters. The van der Waals surface area contributed by atoms with Gasteiger partial charge in [-0.3, -0.25) is 9.59 Å². The van der Waals surface area contributed by atoms with Gasteiger partial charge in [-0.25, -0.2) is 0 Å². The molecule has 2 N–H and O–H groups in total. The van der Waals surface area contributed by atoms with Gasteiger partial charge < -0.3 is 14.9 Å². The number of amides is 1. The minimum absolute atomic E-state index is 0.132. The summed E-state index contributed by atoms with van der Waals surface area (Å²) >= 11 is 0. The van der Waals surface area contributed by atoms with Crippen molar-refractivity contribution in [3.63, 3.8) is 0 Å². The van der Waals surface area contributed by atoms with Crippen LogP contribution in [0.1, 0.15) is 37.7 Å². The summed E-state index contributed by atoms with van der Waals surface area (Å²) in [6.45, 7) is 5.59. The summed E-state index contributed by atoms with van der Waals surface area (Å²) in [6, 6.07) is 0.958. The topological polar surface area (TPSA) is 92.4 Å². The van der Waals surface area contributed by atoms with Crippen molar-refractivity contribution < 1.29 is 19.2 Å². The van der Waals surface area contributed by atoms with Crippen LogP contribution in [0.15, 0.2) is 16.9 Å². The Kier molecular flexibility index (Phi) is 3.88. The summed E-state index contributed by atoms with van der Waals surface area (Å²) in [7, 11) is 0. The van der Waals surface area contributed by atoms with Crippen molar-refractivity contribution in [2.45, 2.75) is 33.2 Å². The maximum Gasteiger partial charge on any atom is 0.305 e. The lowest BCUT2D eigenvalue weighted by Gasteiger charge is -2.29. The van der Waals surface area contributed by atoms with E-state index in [9.17, 15) is 9.59 Å². The maximum absolute atomic E-state index is 11.7. The largest absolute Gasteiger partial charge is 0.481 e. The standard InChI is InChI=1S/C11H16N2O4/c1-11(2,3)8(6-9(14)15)12-10(16)7-4-5-17-13-7/h4-5,8H,6H2,1-3H3,(H,12,16)(H,14,15). The first-order chi connectivity index (χ1) is 7.80. The molecule has 6 nitrogen and oxygen atoms in total. The molecule has 6 heteroatoms. The molecule has 94 valence electrons. The van der Waals surface area contributed by atoms with E-state index < -0.39 is 17.9 Å². The number of aromatic nitrogens is 1. The molecule has 0 aliphatic heterocycles. The van der Waals surface area contributed by atoms with E-state index in [0.29, 0.717) is 0 Å². The Morgan fingerprint density at radius 2 is 2.18 bits per heavy atom. The van der Waals surface area contributed by atoms with Crippen LogP contribution in [0.4, 0.5) is 0 Å². The van der Waals surface area contributed by atoms with Gasteiger partial charge in [0, 0.05) is 12.1 Å². The minimum Gasteiger partial charge on any atom is -0.481 e. The molecule has 1 rings (SSSR count). The van der Waals surface area contributed by atoms with Gasteiger partial charge in [0.25, 0.3) is 5.91 Å². The number of aliphatic carboxylic acids is 1. The fourth-order valence-corrected chi connectivity index (χ4v) is 1.31. The lowest BCUT2D eigenvalue weighted by molar-refractivity contribution is -0.138. The highest BCUT2D eigenvalue weighted by Gasteiger charge is 2.29. The Hall–Kier alpha value is -1.85. The van der Waals surface area contributed by atoms with E-state index in [2.05, 4.69) is 15.0 Å². The summed E-state index contributed by atoms with van der Waals surface area (Å²) in [5, 5.41) is 14.9. The van der Waals surface area contributed by atoms with Crippen LogP contribution in [-0.2, 0) is 4.79 Å². The number of carbonyl (C=O) groups excluding carboxylic acids is 1. The van der Waals surface area contributed by atoms with E-state index >= 15 is 0 Å². The summed E-state index contributed by atoms with van der Waals surface area (Å²) < 4.78 is 4.56. The first-order valence-electron chi connectivity index (χ1n) is 5.23. The Morgan fingerprint density at radius 1 is 1.53 bits per heavy atom. The van der Waals surface area contributed by atoms with Crippen molar-refractivity contribution in [1.29, 1.82) is 0 Å². The zero-order valence-corrected chi connectivity index (χ0v) is 10.1. The molecule has 1 amide bonds. The molecule has 0 bridgehead atoms. The second-order valence-electron chi connectivity index (χ2n) is 4.87. The third kappa shape index (κ3) is 3.90. The summed E-state index contributed by atoms with van der Waals surface area (Å²) in [5.41, 5.74) is -0.206. The number of nitrogens with zero attached hydrogens (tertiary/aromatic N) is 1. The van der Waals surface area contributed by atoms with Crippen molar-refractivity contribution in [3.8, 4) is 0 Å². The fraction of sp³-hybridized carbons (Fsp3) is 0.545. The van der Waals surface area contributed by atoms with Gasteiger partial charge in [0.15, 0.2) is 5.69 Å². The number of carboxylic acids is 1. The zero-order valence-electron chi connectivity index (χ0n) is 10.1. The van der Waals surface area contributed by atoms with E-state index in [1.807, 2.05) is 20.8 Å². The zero-order chi connectivity index (χ0) is 13.1. The Morgan fingerprint density at radius 3 is 2.59 bits per heavy atom. The first-order valence-corrected chi connectivity index (χ1v) is 5.23. The number of hydrogen-bond acceptors (Lipinski definition) is 4. The Labute approximate surface area is 99.0 Å². The van der Waals surface area contributed by atoms with Gasteiger partial charge in [-0.05, 0) is 5.41 Å². The van der Waals surface area contributed by atoms with Crippen LogP contribution >= 0.6 is 0 Å². The molecule has 0 aliphatic carbocycles. The molecule has 1 aromatic heterocycles. The quantitative estimate of drug-likeness (QED) is 0.827. The van der Waals surface area contributed by atoms with Crippen molar-refractivity contribution in [1.82, 2.24) is 10.5 Å². The molecule has 0 fully saturated rings. The molecule has 1 aromatic rings. The Balaban J connectivity index is 2.73. The highest BCUT2D eigenvalue weighted by Crippen LogP contribution is 2.22. The van der Waals surface area contributed by atoms with Crippen LogP contribution in [0, 0.1) is 5.41 Å². The maximum atomic E-state index is 11.7. The minimum atomic E-state index is -0.953. The smallest absolute Gasteiger partial charge is 0.305 e. The van der Waals surface area contributed by atoms with Gasteiger partial charge in [0.1, 0.15) is 6.26 Å². The first kappa shape index (κ1) is 13.2. The number of rotatable bonds is 4. The lowest BCUT2D eigenvalue weighted by atomic mass is 9.84. The molecule has 0 saturated heterocycles. The van der Waals surface area contributed by atoms with Crippen LogP contribution in [0.3, 0.4) is 0 Å². The fourth-order valence-electron chi connectivity index (χ4n) is 1.31. The normalized spacial score (nSPS) is 13.1. The van der Waals surface area contributed by atoms with E-state index in [-0.39, 0.29) is 17.5 Å². The number of hydrogen-bond donors (Lipinski definition) is 2. The number of carbonyl (C=O) groups is 2. The second-order valence-corrected chi connectivity index (χ2v) is 4.87. The molecule has 1 unspecified atom stereocenters. The van der Waals surface area contributed by atoms with Crippen LogP contribution in [0.2, 0.25) is 0 Å². The van der Waals surface area contributed by atoms with Crippen LogP contribution in [-0.4, -0.2) is 28.2 Å². The van der Waals surface area contributed by atoms with Gasteiger partial charge in [-0.15, -0.1) is 0 Å². The highest BCUT2D eigenvalue weighted by atomic mass is 16.5. The third-order valence-corrected chi connectivity index (χ3v) is 2.40. The summed E-state index contributed by atoms with van der Waals surface area (Å²) in [6.07, 6.45) is 1.16. The van der Waals surface area contributed by atoms with E-state index in [0.717, 1.165) is 0 Å². The van der Waals surface area contributed by atoms with Crippen molar-refractivity contribution in [3.05, 3.63) is 18.0 Å². The molecule has 0 aromatic carbocycles. The van der Waals surface area contributed by atoms with Crippen LogP contribution < -0.4 is 5.32 Å². The summed E-state index contributed by atoms with van der Waals surface area (Å²) in [5.74, 6) is -1.38. The average molecular weight is 240 g/mol. The lowest BCUT2D eigenvalue weighted by Crippen LogP contribution is -2.45. The predicted octanol–water partition coefficient (Wildman–Crippen LogP) is 1.29. The monoisotopic (exact) mass is 240 g/mol. The molecule has 0 saturated carbocycles. The van der Waals surface area contributed by atoms with Gasteiger partial charge in [-0.2, -0.15) is 0 Å². The SMILES string of the molecule is CC(C)(C)C(CC(=O)O)NC(=O)c1ccon1. The average Bonchev–Trinajstić information content (AvgIpc) is 2.66. The molecular weight excluding hydrogens is 224 g/mol. The number of carboxylic acid groups (broad SMARTS) is 1. The van der Waals surface area contributed by atoms with Crippen molar-refractivity contribution in [2.75, 3.05) is 0 Å². The van der Waals surface area contributed by atoms with Crippen molar-refractivity contribution >= 4 is 11.9 Å². The van der Waals surface area contributed by atoms with Gasteiger partial charge in [-0.1, -0.05) is 25.9 Å². The van der Waals surface area contributed by atoms with Crippen molar-refractivity contribution in [2.24, 2.45) is 5.41 Å². The number of nitrogens with one attached hydrogen (secondary N) is 1. The van der Waals surface area contributed by atoms with Crippen LogP contribution in [0.5, 0.6) is 0 Å². The Bertz CT molecular complexity index is 392. The van der Waals surface area contributed by atoms with Gasteiger partial charge in [0.2, 0.25) is 0 Å². The van der Waals surface area contributed by atoms with Gasteiger partial charge >= 0.3 is 5.97 Å². The molecule has 17 heavy (non-hydrogen) atoms. The van der Waals surface area contributed by atoms with Gasteiger partial charge in [0.05, 0.1) is 6.42 Å². The molecule has 1 heterocycles.